The standard InChI is InChI=1S/C35H35ClN2O6S/c36-31-15-11-28(12-16-31)29-13-17-32(18-14-29)45(41,42)37-33(34(39)44-25-27-9-5-2-6-10-27)30-19-22-38(23-20-30)35(40)43-24-21-26-7-3-1-4-8-26/h1-18,30,33,37H,19-25H2/t33-/m1/s1. The number of hydrogen-bond donors (Lipinski definition) is 1. The van der Waals surface area contributed by atoms with Crippen molar-refractivity contribution in [3.8, 4) is 11.1 Å². The zero-order chi connectivity index (χ0) is 31.6. The van der Waals surface area contributed by atoms with Gasteiger partial charge in [-0.2, -0.15) is 4.72 Å². The van der Waals surface area contributed by atoms with Gasteiger partial charge in [0.25, 0.3) is 0 Å². The van der Waals surface area contributed by atoms with Crippen molar-refractivity contribution in [3.63, 3.8) is 0 Å². The number of carbonyl (C=O) groups excluding carboxylic acids is 2. The number of benzene rings is 4. The number of piperidine rings is 1. The Morgan fingerprint density at radius 3 is 1.93 bits per heavy atom. The molecule has 0 aromatic heterocycles. The van der Waals surface area contributed by atoms with Crippen LogP contribution in [-0.2, 0) is 37.3 Å². The minimum atomic E-state index is -4.09. The van der Waals surface area contributed by atoms with E-state index in [4.69, 9.17) is 21.1 Å². The highest BCUT2D eigenvalue weighted by Crippen LogP contribution is 2.26. The maximum Gasteiger partial charge on any atom is 0.409 e. The normalized spacial score (nSPS) is 14.5. The molecule has 1 fully saturated rings. The summed E-state index contributed by atoms with van der Waals surface area (Å²) in [5.41, 5.74) is 3.59. The minimum absolute atomic E-state index is 0.0142. The first kappa shape index (κ1) is 32.2. The Bertz CT molecular complexity index is 1660. The Morgan fingerprint density at radius 1 is 0.778 bits per heavy atom. The lowest BCUT2D eigenvalue weighted by Gasteiger charge is -2.34. The topological polar surface area (TPSA) is 102 Å². The molecule has 0 bridgehead atoms. The van der Waals surface area contributed by atoms with Crippen LogP contribution in [0.4, 0.5) is 4.79 Å². The molecular weight excluding hydrogens is 612 g/mol. The number of ether oxygens (including phenoxy) is 2. The Hall–Kier alpha value is -4.18. The summed E-state index contributed by atoms with van der Waals surface area (Å²) in [6.07, 6.45) is 0.989. The van der Waals surface area contributed by atoms with E-state index in [2.05, 4.69) is 4.72 Å². The van der Waals surface area contributed by atoms with Gasteiger partial charge in [0.15, 0.2) is 0 Å². The van der Waals surface area contributed by atoms with Crippen LogP contribution in [0.15, 0.2) is 114 Å². The average molecular weight is 647 g/mol. The van der Waals surface area contributed by atoms with Crippen LogP contribution in [-0.4, -0.2) is 51.1 Å². The van der Waals surface area contributed by atoms with E-state index in [0.717, 1.165) is 22.3 Å². The molecule has 45 heavy (non-hydrogen) atoms. The van der Waals surface area contributed by atoms with Crippen LogP contribution in [0.1, 0.15) is 24.0 Å². The Kier molecular flexibility index (Phi) is 10.9. The number of carbonyl (C=O) groups is 2. The Morgan fingerprint density at radius 2 is 1.33 bits per heavy atom. The summed E-state index contributed by atoms with van der Waals surface area (Å²) in [6, 6.07) is 31.5. The Labute approximate surface area is 269 Å². The van der Waals surface area contributed by atoms with E-state index >= 15 is 0 Å². The van der Waals surface area contributed by atoms with Gasteiger partial charge >= 0.3 is 12.1 Å². The summed E-state index contributed by atoms with van der Waals surface area (Å²) in [5.74, 6) is -1.05. The second-order valence-electron chi connectivity index (χ2n) is 10.9. The molecule has 1 aliphatic heterocycles. The molecule has 4 aromatic carbocycles. The Balaban J connectivity index is 1.24. The van der Waals surface area contributed by atoms with Gasteiger partial charge in [-0.1, -0.05) is 96.5 Å². The third-order valence-electron chi connectivity index (χ3n) is 7.83. The van der Waals surface area contributed by atoms with Gasteiger partial charge in [-0.05, 0) is 65.3 Å². The van der Waals surface area contributed by atoms with E-state index in [1.807, 2.05) is 72.8 Å². The van der Waals surface area contributed by atoms with Crippen molar-refractivity contribution in [2.75, 3.05) is 19.7 Å². The van der Waals surface area contributed by atoms with Crippen molar-refractivity contribution in [2.45, 2.75) is 36.8 Å². The molecule has 4 aromatic rings. The highest BCUT2D eigenvalue weighted by molar-refractivity contribution is 7.89. The molecule has 0 spiro atoms. The fraction of sp³-hybridized carbons (Fsp3) is 0.257. The van der Waals surface area contributed by atoms with Gasteiger partial charge in [-0.15, -0.1) is 0 Å². The first-order chi connectivity index (χ1) is 21.8. The van der Waals surface area contributed by atoms with Crippen LogP contribution in [0.2, 0.25) is 5.02 Å². The van der Waals surface area contributed by atoms with Crippen molar-refractivity contribution in [1.82, 2.24) is 9.62 Å². The predicted octanol–water partition coefficient (Wildman–Crippen LogP) is 6.49. The molecule has 0 radical (unpaired) electrons. The van der Waals surface area contributed by atoms with Gasteiger partial charge in [0.05, 0.1) is 11.5 Å². The monoisotopic (exact) mass is 646 g/mol. The van der Waals surface area contributed by atoms with E-state index in [0.29, 0.717) is 37.4 Å². The molecule has 1 aliphatic rings. The maximum absolute atomic E-state index is 13.5. The van der Waals surface area contributed by atoms with E-state index < -0.39 is 28.1 Å². The first-order valence-corrected chi connectivity index (χ1v) is 16.7. The summed E-state index contributed by atoms with van der Waals surface area (Å²) in [7, 11) is -4.09. The van der Waals surface area contributed by atoms with Crippen LogP contribution in [0.3, 0.4) is 0 Å². The molecule has 10 heteroatoms. The van der Waals surface area contributed by atoms with Crippen LogP contribution >= 0.6 is 11.6 Å². The number of hydrogen-bond acceptors (Lipinski definition) is 6. The highest BCUT2D eigenvalue weighted by atomic mass is 35.5. The molecule has 5 rings (SSSR count). The third-order valence-corrected chi connectivity index (χ3v) is 9.54. The van der Waals surface area contributed by atoms with E-state index in [9.17, 15) is 18.0 Å². The summed E-state index contributed by atoms with van der Waals surface area (Å²) in [4.78, 5) is 27.8. The lowest BCUT2D eigenvalue weighted by Crippen LogP contribution is -2.51. The second-order valence-corrected chi connectivity index (χ2v) is 13.0. The first-order valence-electron chi connectivity index (χ1n) is 14.8. The van der Waals surface area contributed by atoms with Crippen LogP contribution < -0.4 is 4.72 Å². The molecule has 1 atom stereocenters. The quantitative estimate of drug-likeness (QED) is 0.187. The fourth-order valence-corrected chi connectivity index (χ4v) is 6.65. The van der Waals surface area contributed by atoms with Gasteiger partial charge in [0, 0.05) is 24.5 Å². The maximum atomic E-state index is 13.5. The SMILES string of the molecule is O=C(OCc1ccccc1)[C@H](NS(=O)(=O)c1ccc(-c2ccc(Cl)cc2)cc1)C1CCN(C(=O)OCCc2ccccc2)CC1. The van der Waals surface area contributed by atoms with Gasteiger partial charge in [0.1, 0.15) is 12.6 Å². The van der Waals surface area contributed by atoms with Crippen molar-refractivity contribution in [2.24, 2.45) is 5.92 Å². The summed E-state index contributed by atoms with van der Waals surface area (Å²) < 4.78 is 40.8. The van der Waals surface area contributed by atoms with E-state index in [1.165, 1.54) is 12.1 Å². The molecule has 0 unspecified atom stereocenters. The summed E-state index contributed by atoms with van der Waals surface area (Å²) in [6.45, 7) is 0.928. The van der Waals surface area contributed by atoms with Gasteiger partial charge in [-0.25, -0.2) is 13.2 Å². The molecule has 1 amide bonds. The average Bonchev–Trinajstić information content (AvgIpc) is 3.07. The number of esters is 1. The smallest absolute Gasteiger partial charge is 0.409 e. The van der Waals surface area contributed by atoms with Gasteiger partial charge < -0.3 is 14.4 Å². The van der Waals surface area contributed by atoms with Crippen molar-refractivity contribution in [1.29, 1.82) is 0 Å². The number of sulfonamides is 1. The molecule has 1 saturated heterocycles. The van der Waals surface area contributed by atoms with Crippen LogP contribution in [0.5, 0.6) is 0 Å². The number of rotatable bonds is 11. The number of nitrogens with zero attached hydrogens (tertiary/aromatic N) is 1. The highest BCUT2D eigenvalue weighted by Gasteiger charge is 2.37. The molecule has 0 aliphatic carbocycles. The summed E-state index contributed by atoms with van der Waals surface area (Å²) in [5, 5.41) is 0.609. The number of amides is 1. The lowest BCUT2D eigenvalue weighted by atomic mass is 9.90. The summed E-state index contributed by atoms with van der Waals surface area (Å²) >= 11 is 5.99. The zero-order valence-corrected chi connectivity index (χ0v) is 26.3. The lowest BCUT2D eigenvalue weighted by molar-refractivity contribution is -0.148. The predicted molar refractivity (Wildman–Crippen MR) is 173 cm³/mol. The number of nitrogens with one attached hydrogen (secondary N) is 1. The molecule has 1 heterocycles. The molecular formula is C35H35ClN2O6S. The van der Waals surface area contributed by atoms with E-state index in [1.54, 1.807) is 29.2 Å². The van der Waals surface area contributed by atoms with Gasteiger partial charge in [0.2, 0.25) is 10.0 Å². The molecule has 8 nitrogen and oxygen atoms in total. The van der Waals surface area contributed by atoms with Crippen LogP contribution in [0, 0.1) is 5.92 Å². The fourth-order valence-electron chi connectivity index (χ4n) is 5.27. The van der Waals surface area contributed by atoms with Crippen LogP contribution in [0.25, 0.3) is 11.1 Å². The van der Waals surface area contributed by atoms with Crippen molar-refractivity contribution in [3.05, 3.63) is 125 Å². The molecule has 1 N–H and O–H groups in total. The van der Waals surface area contributed by atoms with Crippen molar-refractivity contribution < 1.29 is 27.5 Å². The second kappa shape index (κ2) is 15.2. The zero-order valence-electron chi connectivity index (χ0n) is 24.7. The number of halogens is 1. The molecule has 0 saturated carbocycles. The van der Waals surface area contributed by atoms with E-state index in [-0.39, 0.29) is 24.0 Å². The largest absolute Gasteiger partial charge is 0.460 e. The van der Waals surface area contributed by atoms with Gasteiger partial charge in [-0.3, -0.25) is 4.79 Å². The minimum Gasteiger partial charge on any atom is -0.460 e. The van der Waals surface area contributed by atoms with Crippen molar-refractivity contribution >= 4 is 33.7 Å². The number of likely N-dealkylation sites (tertiary alicyclic amines) is 1. The third kappa shape index (κ3) is 8.94. The molecule has 234 valence electrons.